The van der Waals surface area contributed by atoms with Crippen LogP contribution in [0.3, 0.4) is 0 Å². The molecule has 0 spiro atoms. The van der Waals surface area contributed by atoms with Crippen LogP contribution >= 0.6 is 0 Å². The van der Waals surface area contributed by atoms with E-state index in [0.717, 1.165) is 41.9 Å². The summed E-state index contributed by atoms with van der Waals surface area (Å²) < 4.78 is 0. The quantitative estimate of drug-likeness (QED) is 0.537. The summed E-state index contributed by atoms with van der Waals surface area (Å²) >= 11 is 0. The van der Waals surface area contributed by atoms with E-state index in [1.807, 2.05) is 0 Å². The van der Waals surface area contributed by atoms with E-state index in [1.54, 1.807) is 0 Å². The number of nitrogens with one attached hydrogen (secondary N) is 1. The van der Waals surface area contributed by atoms with Crippen LogP contribution in [0.15, 0.2) is 0 Å². The average molecular weight is 402 g/mol. The van der Waals surface area contributed by atoms with Crippen molar-refractivity contribution in [2.75, 3.05) is 0 Å². The second-order valence-corrected chi connectivity index (χ2v) is 12.7. The van der Waals surface area contributed by atoms with Crippen LogP contribution < -0.4 is 5.32 Å². The van der Waals surface area contributed by atoms with Gasteiger partial charge in [0.05, 0.1) is 0 Å². The molecule has 29 heavy (non-hydrogen) atoms. The van der Waals surface area contributed by atoms with Gasteiger partial charge in [-0.25, -0.2) is 0 Å². The zero-order chi connectivity index (χ0) is 21.0. The number of hydrogen-bond acceptors (Lipinski definition) is 1. The Balaban J connectivity index is 1.48. The predicted octanol–water partition coefficient (Wildman–Crippen LogP) is 6.83. The molecule has 2 heteroatoms. The van der Waals surface area contributed by atoms with Crippen molar-refractivity contribution in [3.05, 3.63) is 0 Å². The number of amides is 1. The third-order valence-electron chi connectivity index (χ3n) is 10.6. The molecular weight excluding hydrogens is 354 g/mol. The zero-order valence-corrected chi connectivity index (χ0v) is 20.1. The van der Waals surface area contributed by atoms with Gasteiger partial charge in [0.1, 0.15) is 0 Å². The molecule has 0 aromatic rings. The maximum Gasteiger partial charge on any atom is 0.223 e. The first-order chi connectivity index (χ1) is 13.7. The molecule has 4 fully saturated rings. The van der Waals surface area contributed by atoms with Gasteiger partial charge < -0.3 is 5.32 Å². The van der Waals surface area contributed by atoms with Crippen molar-refractivity contribution in [3.63, 3.8) is 0 Å². The van der Waals surface area contributed by atoms with Crippen molar-refractivity contribution in [2.24, 2.45) is 52.3 Å². The van der Waals surface area contributed by atoms with Crippen molar-refractivity contribution < 1.29 is 4.79 Å². The molecule has 0 radical (unpaired) electrons. The molecule has 3 aliphatic carbocycles. The number of rotatable bonds is 5. The van der Waals surface area contributed by atoms with Crippen LogP contribution in [0.5, 0.6) is 0 Å². The Bertz CT molecular complexity index is 614. The van der Waals surface area contributed by atoms with Crippen LogP contribution in [0, 0.1) is 52.3 Å². The number of hydrogen-bond donors (Lipinski definition) is 1. The van der Waals surface area contributed by atoms with Gasteiger partial charge in [-0.05, 0) is 91.3 Å². The second-order valence-electron chi connectivity index (χ2n) is 12.7. The van der Waals surface area contributed by atoms with E-state index < -0.39 is 0 Å². The molecule has 166 valence electrons. The smallest absolute Gasteiger partial charge is 0.223 e. The normalized spacial score (nSPS) is 47.9. The van der Waals surface area contributed by atoms with Crippen LogP contribution in [0.1, 0.15) is 106 Å². The van der Waals surface area contributed by atoms with Gasteiger partial charge >= 0.3 is 0 Å². The van der Waals surface area contributed by atoms with Crippen LogP contribution in [0.2, 0.25) is 0 Å². The molecular formula is C27H47NO. The predicted molar refractivity (Wildman–Crippen MR) is 121 cm³/mol. The largest absolute Gasteiger partial charge is 0.353 e. The number of piperidine rings is 1. The number of carbonyl (C=O) groups excluding carboxylic acids is 1. The van der Waals surface area contributed by atoms with Gasteiger partial charge in [-0.1, -0.05) is 60.8 Å². The van der Waals surface area contributed by atoms with E-state index >= 15 is 0 Å². The first-order valence-electron chi connectivity index (χ1n) is 13.0. The zero-order valence-electron chi connectivity index (χ0n) is 20.1. The molecule has 1 N–H and O–H groups in total. The van der Waals surface area contributed by atoms with Gasteiger partial charge in [0.25, 0.3) is 0 Å². The Morgan fingerprint density at radius 3 is 2.41 bits per heavy atom. The van der Waals surface area contributed by atoms with Crippen molar-refractivity contribution in [2.45, 2.75) is 112 Å². The third-order valence-corrected chi connectivity index (χ3v) is 10.6. The Labute approximate surface area is 180 Å². The molecule has 1 saturated heterocycles. The highest BCUT2D eigenvalue weighted by Gasteiger charge is 2.61. The molecule has 4 aliphatic rings. The van der Waals surface area contributed by atoms with Gasteiger partial charge in [0.2, 0.25) is 5.91 Å². The minimum Gasteiger partial charge on any atom is -0.353 e. The summed E-state index contributed by atoms with van der Waals surface area (Å²) in [5.41, 5.74) is 0.906. The van der Waals surface area contributed by atoms with E-state index in [-0.39, 0.29) is 5.92 Å². The summed E-state index contributed by atoms with van der Waals surface area (Å²) in [7, 11) is 0. The molecule has 2 unspecified atom stereocenters. The SMILES string of the molecule is CC(C)CCC[C@@H](C)[C@H]1CC[C@H]2[C@@H]3CCC4NC(=O)C(C)C[C@]4(C)[C@H]3CC[C@]12C. The molecule has 0 aromatic carbocycles. The average Bonchev–Trinajstić information content (AvgIpc) is 3.00. The van der Waals surface area contributed by atoms with Crippen LogP contribution in [0.25, 0.3) is 0 Å². The summed E-state index contributed by atoms with van der Waals surface area (Å²) in [5.74, 6) is 5.85. The maximum absolute atomic E-state index is 12.3. The lowest BCUT2D eigenvalue weighted by atomic mass is 9.46. The summed E-state index contributed by atoms with van der Waals surface area (Å²) in [5, 5.41) is 3.43. The van der Waals surface area contributed by atoms with E-state index in [0.29, 0.717) is 22.8 Å². The van der Waals surface area contributed by atoms with Gasteiger partial charge in [0, 0.05) is 12.0 Å². The molecule has 1 aliphatic heterocycles. The summed E-state index contributed by atoms with van der Waals surface area (Å²) in [6.07, 6.45) is 13.7. The third kappa shape index (κ3) is 3.59. The summed E-state index contributed by atoms with van der Waals surface area (Å²) in [6.45, 7) is 14.7. The highest BCUT2D eigenvalue weighted by molar-refractivity contribution is 5.79. The second kappa shape index (κ2) is 7.86. The van der Waals surface area contributed by atoms with Gasteiger partial charge in [-0.3, -0.25) is 4.79 Å². The monoisotopic (exact) mass is 401 g/mol. The lowest BCUT2D eigenvalue weighted by Crippen LogP contribution is -2.62. The fourth-order valence-electron chi connectivity index (χ4n) is 9.08. The lowest BCUT2D eigenvalue weighted by Gasteiger charge is -2.61. The Hall–Kier alpha value is -0.530. The molecule has 0 aromatic heterocycles. The Morgan fingerprint density at radius 2 is 1.69 bits per heavy atom. The van der Waals surface area contributed by atoms with Crippen LogP contribution in [0.4, 0.5) is 0 Å². The minimum absolute atomic E-state index is 0.195. The first kappa shape index (κ1) is 21.7. The fraction of sp³-hybridized carbons (Fsp3) is 0.963. The molecule has 9 atom stereocenters. The maximum atomic E-state index is 12.3. The molecule has 1 amide bonds. The van der Waals surface area contributed by atoms with Gasteiger partial charge in [-0.2, -0.15) is 0 Å². The molecule has 3 saturated carbocycles. The molecule has 1 heterocycles. The van der Waals surface area contributed by atoms with E-state index in [9.17, 15) is 4.79 Å². The fourth-order valence-corrected chi connectivity index (χ4v) is 9.08. The van der Waals surface area contributed by atoms with E-state index in [2.05, 4.69) is 46.9 Å². The van der Waals surface area contributed by atoms with Gasteiger partial charge in [-0.15, -0.1) is 0 Å². The summed E-state index contributed by atoms with van der Waals surface area (Å²) in [4.78, 5) is 12.3. The number of carbonyl (C=O) groups is 1. The summed E-state index contributed by atoms with van der Waals surface area (Å²) in [6, 6.07) is 0.434. The van der Waals surface area contributed by atoms with Crippen molar-refractivity contribution in [1.82, 2.24) is 5.32 Å². The lowest BCUT2D eigenvalue weighted by molar-refractivity contribution is -0.144. The Kier molecular flexibility index (Phi) is 5.88. The number of fused-ring (bicyclic) bond motifs is 5. The van der Waals surface area contributed by atoms with Crippen molar-refractivity contribution >= 4 is 5.91 Å². The standard InChI is InChI=1S/C27H47NO/c1-17(2)8-7-9-18(3)21-11-12-22-20-10-13-24-27(6,16-19(4)25(29)28-24)23(20)14-15-26(21,22)5/h17-24H,7-16H2,1-6H3,(H,28,29)/t18-,19?,20+,21-,22+,23+,24?,26-,27-/m1/s1. The van der Waals surface area contributed by atoms with Gasteiger partial charge in [0.15, 0.2) is 0 Å². The molecule has 4 rings (SSSR count). The van der Waals surface area contributed by atoms with Crippen LogP contribution in [-0.4, -0.2) is 11.9 Å². The Morgan fingerprint density at radius 1 is 0.966 bits per heavy atom. The highest BCUT2D eigenvalue weighted by atomic mass is 16.2. The molecule has 2 nitrogen and oxygen atoms in total. The van der Waals surface area contributed by atoms with E-state index in [4.69, 9.17) is 0 Å². The van der Waals surface area contributed by atoms with Crippen molar-refractivity contribution in [1.29, 1.82) is 0 Å². The first-order valence-corrected chi connectivity index (χ1v) is 13.0. The highest BCUT2D eigenvalue weighted by Crippen LogP contribution is 2.67. The van der Waals surface area contributed by atoms with Crippen molar-refractivity contribution in [3.8, 4) is 0 Å². The topological polar surface area (TPSA) is 29.1 Å². The molecule has 0 bridgehead atoms. The van der Waals surface area contributed by atoms with E-state index in [1.165, 1.54) is 57.8 Å². The minimum atomic E-state index is 0.195. The van der Waals surface area contributed by atoms with Crippen LogP contribution in [-0.2, 0) is 4.79 Å².